The first kappa shape index (κ1) is 15.1. The number of nitrogens with one attached hydrogen (secondary N) is 1. The second kappa shape index (κ2) is 7.51. The first-order valence-corrected chi connectivity index (χ1v) is 6.43. The first-order chi connectivity index (χ1) is 8.56. The van der Waals surface area contributed by atoms with E-state index in [1.807, 2.05) is 11.7 Å². The van der Waals surface area contributed by atoms with E-state index in [1.54, 1.807) is 7.11 Å². The van der Waals surface area contributed by atoms with Crippen LogP contribution in [0.1, 0.15) is 17.0 Å². The summed E-state index contributed by atoms with van der Waals surface area (Å²) in [5.41, 5.74) is 3.73. The number of aromatic nitrogens is 2. The number of methoxy groups -OCH3 is 1. The summed E-state index contributed by atoms with van der Waals surface area (Å²) in [6.07, 6.45) is 0. The van der Waals surface area contributed by atoms with Crippen molar-refractivity contribution in [3.63, 3.8) is 0 Å². The second-order valence-electron chi connectivity index (χ2n) is 4.75. The predicted molar refractivity (Wildman–Crippen MR) is 73.8 cm³/mol. The van der Waals surface area contributed by atoms with E-state index in [0.717, 1.165) is 38.5 Å². The maximum absolute atomic E-state index is 4.99. The molecule has 0 saturated carbocycles. The largest absolute Gasteiger partial charge is 0.383 e. The molecule has 1 aromatic rings. The Labute approximate surface area is 110 Å². The predicted octanol–water partition coefficient (Wildman–Crippen LogP) is 0.705. The molecule has 1 heterocycles. The number of ether oxygens (including phenoxy) is 1. The van der Waals surface area contributed by atoms with E-state index in [0.29, 0.717) is 0 Å². The molecule has 0 aromatic carbocycles. The summed E-state index contributed by atoms with van der Waals surface area (Å²) in [5.74, 6) is 0. The molecule has 0 saturated heterocycles. The minimum Gasteiger partial charge on any atom is -0.383 e. The monoisotopic (exact) mass is 254 g/mol. The van der Waals surface area contributed by atoms with E-state index in [4.69, 9.17) is 4.74 Å². The Hall–Kier alpha value is -0.910. The molecule has 0 unspecified atom stereocenters. The van der Waals surface area contributed by atoms with Crippen LogP contribution >= 0.6 is 0 Å². The molecule has 0 aliphatic heterocycles. The van der Waals surface area contributed by atoms with E-state index in [1.165, 1.54) is 11.3 Å². The summed E-state index contributed by atoms with van der Waals surface area (Å²) >= 11 is 0. The summed E-state index contributed by atoms with van der Waals surface area (Å²) < 4.78 is 6.95. The summed E-state index contributed by atoms with van der Waals surface area (Å²) in [4.78, 5) is 2.32. The average molecular weight is 254 g/mol. The minimum absolute atomic E-state index is 0.768. The van der Waals surface area contributed by atoms with Crippen LogP contribution in [0.15, 0.2) is 0 Å². The van der Waals surface area contributed by atoms with Crippen LogP contribution in [0.2, 0.25) is 0 Å². The number of aryl methyl sites for hydroxylation is 2. The standard InChI is InChI=1S/C13H26N4O/c1-11-13(12(2)17(4)15-11)10-16(3)8-6-14-7-9-18-5/h14H,6-10H2,1-5H3. The molecule has 1 aromatic heterocycles. The summed E-state index contributed by atoms with van der Waals surface area (Å²) in [6.45, 7) is 8.85. The second-order valence-corrected chi connectivity index (χ2v) is 4.75. The van der Waals surface area contributed by atoms with Crippen LogP contribution in [0.25, 0.3) is 0 Å². The SMILES string of the molecule is COCCNCCN(C)Cc1c(C)nn(C)c1C. The fourth-order valence-electron chi connectivity index (χ4n) is 1.96. The van der Waals surface area contributed by atoms with Crippen molar-refractivity contribution in [2.45, 2.75) is 20.4 Å². The molecule has 1 rings (SSSR count). The van der Waals surface area contributed by atoms with Gasteiger partial charge >= 0.3 is 0 Å². The third-order valence-electron chi connectivity index (χ3n) is 3.24. The smallest absolute Gasteiger partial charge is 0.0641 e. The van der Waals surface area contributed by atoms with Crippen LogP contribution in [-0.4, -0.2) is 55.1 Å². The molecule has 0 amide bonds. The number of likely N-dealkylation sites (N-methyl/N-ethyl adjacent to an activating group) is 1. The van der Waals surface area contributed by atoms with E-state index >= 15 is 0 Å². The van der Waals surface area contributed by atoms with Crippen LogP contribution in [0.5, 0.6) is 0 Å². The lowest BCUT2D eigenvalue weighted by molar-refractivity contribution is 0.197. The van der Waals surface area contributed by atoms with E-state index in [-0.39, 0.29) is 0 Å². The molecule has 0 bridgehead atoms. The maximum atomic E-state index is 4.99. The number of nitrogens with zero attached hydrogens (tertiary/aromatic N) is 3. The van der Waals surface area contributed by atoms with Gasteiger partial charge < -0.3 is 15.0 Å². The van der Waals surface area contributed by atoms with Crippen molar-refractivity contribution in [1.82, 2.24) is 20.0 Å². The van der Waals surface area contributed by atoms with Crippen molar-refractivity contribution in [3.8, 4) is 0 Å². The van der Waals surface area contributed by atoms with Gasteiger partial charge in [-0.15, -0.1) is 0 Å². The first-order valence-electron chi connectivity index (χ1n) is 6.43. The Morgan fingerprint density at radius 1 is 1.33 bits per heavy atom. The molecule has 0 radical (unpaired) electrons. The summed E-state index contributed by atoms with van der Waals surface area (Å²) in [7, 11) is 5.86. The fourth-order valence-corrected chi connectivity index (χ4v) is 1.96. The van der Waals surface area contributed by atoms with Crippen molar-refractivity contribution in [3.05, 3.63) is 17.0 Å². The van der Waals surface area contributed by atoms with E-state index < -0.39 is 0 Å². The zero-order valence-corrected chi connectivity index (χ0v) is 12.3. The maximum Gasteiger partial charge on any atom is 0.0641 e. The van der Waals surface area contributed by atoms with Gasteiger partial charge in [0.1, 0.15) is 0 Å². The molecular weight excluding hydrogens is 228 g/mol. The molecule has 1 N–H and O–H groups in total. The summed E-state index contributed by atoms with van der Waals surface area (Å²) in [5, 5.41) is 7.79. The van der Waals surface area contributed by atoms with Crippen molar-refractivity contribution in [1.29, 1.82) is 0 Å². The van der Waals surface area contributed by atoms with Crippen molar-refractivity contribution >= 4 is 0 Å². The Kier molecular flexibility index (Phi) is 6.32. The van der Waals surface area contributed by atoms with Gasteiger partial charge in [-0.05, 0) is 20.9 Å². The number of hydrogen-bond donors (Lipinski definition) is 1. The highest BCUT2D eigenvalue weighted by atomic mass is 16.5. The van der Waals surface area contributed by atoms with Gasteiger partial charge in [-0.2, -0.15) is 5.10 Å². The van der Waals surface area contributed by atoms with Gasteiger partial charge in [-0.3, -0.25) is 4.68 Å². The van der Waals surface area contributed by atoms with E-state index in [9.17, 15) is 0 Å². The van der Waals surface area contributed by atoms with Crippen LogP contribution in [-0.2, 0) is 18.3 Å². The van der Waals surface area contributed by atoms with Gasteiger partial charge in [0.15, 0.2) is 0 Å². The highest BCUT2D eigenvalue weighted by Gasteiger charge is 2.11. The van der Waals surface area contributed by atoms with Crippen LogP contribution in [0, 0.1) is 13.8 Å². The molecule has 0 aliphatic rings. The third-order valence-corrected chi connectivity index (χ3v) is 3.24. The van der Waals surface area contributed by atoms with Gasteiger partial charge in [-0.1, -0.05) is 0 Å². The lowest BCUT2D eigenvalue weighted by Crippen LogP contribution is -2.30. The lowest BCUT2D eigenvalue weighted by Gasteiger charge is -2.17. The fraction of sp³-hybridized carbons (Fsp3) is 0.769. The van der Waals surface area contributed by atoms with Crippen LogP contribution in [0.3, 0.4) is 0 Å². The van der Waals surface area contributed by atoms with Gasteiger partial charge in [0.2, 0.25) is 0 Å². The number of rotatable bonds is 8. The van der Waals surface area contributed by atoms with E-state index in [2.05, 4.69) is 36.2 Å². The zero-order chi connectivity index (χ0) is 13.5. The molecule has 104 valence electrons. The number of hydrogen-bond acceptors (Lipinski definition) is 4. The van der Waals surface area contributed by atoms with Crippen LogP contribution in [0.4, 0.5) is 0 Å². The molecule has 5 heteroatoms. The van der Waals surface area contributed by atoms with Crippen molar-refractivity contribution in [2.75, 3.05) is 40.4 Å². The molecular formula is C13H26N4O. The van der Waals surface area contributed by atoms with Crippen molar-refractivity contribution < 1.29 is 4.74 Å². The molecule has 0 spiro atoms. The molecule has 0 atom stereocenters. The average Bonchev–Trinajstić information content (AvgIpc) is 2.56. The quantitative estimate of drug-likeness (QED) is 0.694. The Balaban J connectivity index is 2.33. The molecule has 18 heavy (non-hydrogen) atoms. The Morgan fingerprint density at radius 2 is 2.06 bits per heavy atom. The van der Waals surface area contributed by atoms with Gasteiger partial charge in [-0.25, -0.2) is 0 Å². The van der Waals surface area contributed by atoms with Crippen LogP contribution < -0.4 is 5.32 Å². The normalized spacial score (nSPS) is 11.4. The lowest BCUT2D eigenvalue weighted by atomic mass is 10.2. The van der Waals surface area contributed by atoms with Gasteiger partial charge in [0, 0.05) is 51.6 Å². The summed E-state index contributed by atoms with van der Waals surface area (Å²) in [6, 6.07) is 0. The highest BCUT2D eigenvalue weighted by molar-refractivity contribution is 5.23. The molecule has 0 fully saturated rings. The molecule has 5 nitrogen and oxygen atoms in total. The third kappa shape index (κ3) is 4.40. The Bertz CT molecular complexity index is 362. The molecule has 0 aliphatic carbocycles. The Morgan fingerprint density at radius 3 is 2.61 bits per heavy atom. The zero-order valence-electron chi connectivity index (χ0n) is 12.3. The topological polar surface area (TPSA) is 42.3 Å². The van der Waals surface area contributed by atoms with Gasteiger partial charge in [0.25, 0.3) is 0 Å². The van der Waals surface area contributed by atoms with Crippen molar-refractivity contribution in [2.24, 2.45) is 7.05 Å². The minimum atomic E-state index is 0.768. The highest BCUT2D eigenvalue weighted by Crippen LogP contribution is 2.13. The van der Waals surface area contributed by atoms with Gasteiger partial charge in [0.05, 0.1) is 12.3 Å².